The Morgan fingerprint density at radius 1 is 1.26 bits per heavy atom. The third-order valence-corrected chi connectivity index (χ3v) is 3.57. The summed E-state index contributed by atoms with van der Waals surface area (Å²) < 4.78 is 66.2. The van der Waals surface area contributed by atoms with E-state index in [1.54, 1.807) is 0 Å². The average Bonchev–Trinajstić information content (AvgIpc) is 3.06. The molecule has 0 unspecified atom stereocenters. The molecule has 0 bridgehead atoms. The van der Waals surface area contributed by atoms with E-state index in [9.17, 15) is 22.0 Å². The zero-order chi connectivity index (χ0) is 19.8. The van der Waals surface area contributed by atoms with Gasteiger partial charge in [0.2, 0.25) is 5.84 Å². The number of aliphatic imine (C=N–C) groups is 1. The number of fused-ring (bicyclic) bond motifs is 1. The number of imidazole rings is 1. The summed E-state index contributed by atoms with van der Waals surface area (Å²) in [5.74, 6) is -3.86. The van der Waals surface area contributed by atoms with Gasteiger partial charge >= 0.3 is 6.18 Å². The monoisotopic (exact) mass is 382 g/mol. The molecule has 0 saturated heterocycles. The van der Waals surface area contributed by atoms with Crippen molar-refractivity contribution < 1.29 is 22.0 Å². The maximum atomic E-state index is 13.9. The minimum absolute atomic E-state index is 0.0191. The Bertz CT molecular complexity index is 1050. The first-order valence-corrected chi connectivity index (χ1v) is 7.42. The lowest BCUT2D eigenvalue weighted by Gasteiger charge is -2.09. The van der Waals surface area contributed by atoms with Crippen molar-refractivity contribution in [2.75, 3.05) is 0 Å². The van der Waals surface area contributed by atoms with Crippen molar-refractivity contribution in [3.8, 4) is 0 Å². The quantitative estimate of drug-likeness (QED) is 0.415. The molecule has 3 aromatic rings. The molecule has 6 nitrogen and oxygen atoms in total. The van der Waals surface area contributed by atoms with Gasteiger partial charge in [-0.3, -0.25) is 5.41 Å². The van der Waals surface area contributed by atoms with Crippen molar-refractivity contribution in [1.82, 2.24) is 14.4 Å². The van der Waals surface area contributed by atoms with E-state index in [2.05, 4.69) is 15.0 Å². The second kappa shape index (κ2) is 6.74. The van der Waals surface area contributed by atoms with Crippen molar-refractivity contribution >= 4 is 17.3 Å². The second-order valence-electron chi connectivity index (χ2n) is 5.49. The maximum Gasteiger partial charge on any atom is 0.449 e. The Morgan fingerprint density at radius 3 is 2.70 bits per heavy atom. The van der Waals surface area contributed by atoms with Crippen LogP contribution in [-0.4, -0.2) is 32.2 Å². The third kappa shape index (κ3) is 3.91. The summed E-state index contributed by atoms with van der Waals surface area (Å²) in [5.41, 5.74) is 4.98. The topological polar surface area (TPSA) is 92.4 Å². The number of alkyl halides is 3. The molecule has 3 N–H and O–H groups in total. The van der Waals surface area contributed by atoms with Crippen LogP contribution in [0.15, 0.2) is 41.8 Å². The SMILES string of the molecule is N=C(N=C(N)C(F)(F)F)c1cn2ccnc2c(Cc2cc(F)ccc2F)n1. The van der Waals surface area contributed by atoms with E-state index in [0.29, 0.717) is 0 Å². The lowest BCUT2D eigenvalue weighted by molar-refractivity contribution is -0.0597. The van der Waals surface area contributed by atoms with E-state index >= 15 is 0 Å². The summed E-state index contributed by atoms with van der Waals surface area (Å²) in [6.07, 6.45) is -0.981. The predicted octanol–water partition coefficient (Wildman–Crippen LogP) is 2.84. The lowest BCUT2D eigenvalue weighted by atomic mass is 10.1. The van der Waals surface area contributed by atoms with Crippen molar-refractivity contribution in [2.45, 2.75) is 12.6 Å². The van der Waals surface area contributed by atoms with Gasteiger partial charge in [0.05, 0.1) is 5.69 Å². The number of hydrogen-bond acceptors (Lipinski definition) is 3. The van der Waals surface area contributed by atoms with Crippen molar-refractivity contribution in [3.63, 3.8) is 0 Å². The molecule has 3 rings (SSSR count). The fraction of sp³-hybridized carbons (Fsp3) is 0.125. The second-order valence-corrected chi connectivity index (χ2v) is 5.49. The molecule has 0 aliphatic rings. The molecule has 0 spiro atoms. The molecular weight excluding hydrogens is 371 g/mol. The molecule has 140 valence electrons. The molecule has 0 aliphatic carbocycles. The highest BCUT2D eigenvalue weighted by Crippen LogP contribution is 2.19. The van der Waals surface area contributed by atoms with Gasteiger partial charge in [-0.05, 0) is 23.8 Å². The number of nitrogens with two attached hydrogens (primary N) is 1. The Kier molecular flexibility index (Phi) is 4.60. The van der Waals surface area contributed by atoms with Gasteiger partial charge in [0.25, 0.3) is 0 Å². The molecule has 0 radical (unpaired) electrons. The molecule has 11 heteroatoms. The van der Waals surface area contributed by atoms with Gasteiger partial charge in [0.1, 0.15) is 17.3 Å². The van der Waals surface area contributed by atoms with Gasteiger partial charge in [-0.1, -0.05) is 0 Å². The van der Waals surface area contributed by atoms with E-state index in [1.807, 2.05) is 0 Å². The largest absolute Gasteiger partial charge is 0.449 e. The fourth-order valence-electron chi connectivity index (χ4n) is 2.33. The van der Waals surface area contributed by atoms with Crippen molar-refractivity contribution in [1.29, 1.82) is 5.41 Å². The summed E-state index contributed by atoms with van der Waals surface area (Å²) in [6, 6.07) is 2.89. The van der Waals surface area contributed by atoms with Crippen LogP contribution in [0.1, 0.15) is 17.0 Å². The van der Waals surface area contributed by atoms with E-state index < -0.39 is 29.5 Å². The Labute approximate surface area is 148 Å². The Balaban J connectivity index is 2.05. The number of aromatic nitrogens is 3. The minimum Gasteiger partial charge on any atom is -0.380 e. The van der Waals surface area contributed by atoms with E-state index in [-0.39, 0.29) is 29.0 Å². The summed E-state index contributed by atoms with van der Waals surface area (Å²) in [7, 11) is 0. The number of rotatable bonds is 3. The highest BCUT2D eigenvalue weighted by molar-refractivity contribution is 6.04. The first-order valence-electron chi connectivity index (χ1n) is 7.42. The van der Waals surface area contributed by atoms with Crippen LogP contribution in [0.4, 0.5) is 22.0 Å². The number of hydrogen-bond donors (Lipinski definition) is 2. The lowest BCUT2D eigenvalue weighted by Crippen LogP contribution is -2.32. The molecular formula is C16H11F5N6. The summed E-state index contributed by atoms with van der Waals surface area (Å²) in [5, 5.41) is 7.72. The molecule has 2 heterocycles. The van der Waals surface area contributed by atoms with Crippen LogP contribution >= 0.6 is 0 Å². The van der Waals surface area contributed by atoms with Crippen LogP contribution in [0, 0.1) is 17.0 Å². The van der Waals surface area contributed by atoms with Crippen LogP contribution in [0.2, 0.25) is 0 Å². The maximum absolute atomic E-state index is 13.9. The standard InChI is InChI=1S/C16H11F5N6/c17-9-1-2-10(18)8(5-9)6-11-14-24-3-4-27(14)7-12(25-11)13(22)26-15(23)16(19,20)21/h1-5,7H,6H2,(H3,22,23,26). The van der Waals surface area contributed by atoms with E-state index in [1.165, 1.54) is 23.0 Å². The first kappa shape index (κ1) is 18.4. The molecule has 1 aromatic carbocycles. The van der Waals surface area contributed by atoms with Gasteiger partial charge in [-0.2, -0.15) is 13.2 Å². The molecule has 0 atom stereocenters. The minimum atomic E-state index is -4.89. The molecule has 0 amide bonds. The van der Waals surface area contributed by atoms with Crippen LogP contribution in [-0.2, 0) is 6.42 Å². The Hall–Kier alpha value is -3.37. The number of amidine groups is 2. The smallest absolute Gasteiger partial charge is 0.380 e. The summed E-state index contributed by atoms with van der Waals surface area (Å²) >= 11 is 0. The van der Waals surface area contributed by atoms with Crippen LogP contribution in [0.5, 0.6) is 0 Å². The molecule has 0 fully saturated rings. The summed E-state index contributed by atoms with van der Waals surface area (Å²) in [6.45, 7) is 0. The average molecular weight is 382 g/mol. The number of nitrogens with one attached hydrogen (secondary N) is 1. The van der Waals surface area contributed by atoms with E-state index in [0.717, 1.165) is 18.2 Å². The van der Waals surface area contributed by atoms with Gasteiger partial charge in [-0.25, -0.2) is 23.7 Å². The first-order chi connectivity index (χ1) is 12.6. The van der Waals surface area contributed by atoms with Gasteiger partial charge in [0, 0.05) is 25.0 Å². The number of halogens is 5. The molecule has 2 aromatic heterocycles. The van der Waals surface area contributed by atoms with Gasteiger partial charge in [0.15, 0.2) is 11.5 Å². The Morgan fingerprint density at radius 2 is 2.00 bits per heavy atom. The van der Waals surface area contributed by atoms with Gasteiger partial charge in [-0.15, -0.1) is 0 Å². The van der Waals surface area contributed by atoms with Crippen LogP contribution < -0.4 is 5.73 Å². The van der Waals surface area contributed by atoms with Crippen molar-refractivity contribution in [3.05, 3.63) is 65.4 Å². The van der Waals surface area contributed by atoms with Crippen LogP contribution in [0.3, 0.4) is 0 Å². The molecule has 27 heavy (non-hydrogen) atoms. The van der Waals surface area contributed by atoms with Gasteiger partial charge < -0.3 is 10.1 Å². The highest BCUT2D eigenvalue weighted by atomic mass is 19.4. The zero-order valence-electron chi connectivity index (χ0n) is 13.4. The highest BCUT2D eigenvalue weighted by Gasteiger charge is 2.34. The third-order valence-electron chi connectivity index (χ3n) is 3.57. The number of nitrogens with zero attached hydrogens (tertiary/aromatic N) is 4. The van der Waals surface area contributed by atoms with E-state index in [4.69, 9.17) is 11.1 Å². The molecule has 0 aliphatic heterocycles. The van der Waals surface area contributed by atoms with Crippen LogP contribution in [0.25, 0.3) is 5.65 Å². The fourth-order valence-corrected chi connectivity index (χ4v) is 2.33. The number of benzene rings is 1. The zero-order valence-corrected chi connectivity index (χ0v) is 13.4. The normalized spacial score (nSPS) is 12.6. The van der Waals surface area contributed by atoms with Crippen molar-refractivity contribution in [2.24, 2.45) is 10.7 Å². The molecule has 0 saturated carbocycles. The predicted molar refractivity (Wildman–Crippen MR) is 86.7 cm³/mol. The summed E-state index contributed by atoms with van der Waals surface area (Å²) in [4.78, 5) is 11.1.